The Labute approximate surface area is 192 Å². The number of hydrogen-bond acceptors (Lipinski definition) is 6. The van der Waals surface area contributed by atoms with Gasteiger partial charge in [0, 0.05) is 25.4 Å². The summed E-state index contributed by atoms with van der Waals surface area (Å²) in [6.45, 7) is 2.75. The Hall–Kier alpha value is -3.20. The summed E-state index contributed by atoms with van der Waals surface area (Å²) in [5.74, 6) is -1.17. The van der Waals surface area contributed by atoms with Gasteiger partial charge in [-0.05, 0) is 56.9 Å². The minimum Gasteiger partial charge on any atom is -0.464 e. The SMILES string of the molecule is Cc1ccc(C(C(=O)NCC2CCCO2)N(C(=O)C(=O)NC2CCCC2)c2cccnc2)o1. The Balaban J connectivity index is 1.63. The van der Waals surface area contributed by atoms with Gasteiger partial charge in [-0.15, -0.1) is 0 Å². The van der Waals surface area contributed by atoms with Crippen LogP contribution in [0.2, 0.25) is 0 Å². The number of aryl methyl sites for hydroxylation is 1. The molecule has 33 heavy (non-hydrogen) atoms. The lowest BCUT2D eigenvalue weighted by molar-refractivity contribution is -0.139. The average molecular weight is 455 g/mol. The number of pyridine rings is 1. The molecule has 2 aromatic rings. The Bertz CT molecular complexity index is 964. The Kier molecular flexibility index (Phi) is 7.39. The molecule has 1 aliphatic carbocycles. The number of rotatable bonds is 7. The second kappa shape index (κ2) is 10.6. The highest BCUT2D eigenvalue weighted by Gasteiger charge is 2.39. The molecule has 3 amide bonds. The van der Waals surface area contributed by atoms with E-state index in [0.29, 0.717) is 24.6 Å². The molecule has 1 aliphatic heterocycles. The Morgan fingerprint density at radius 1 is 1.15 bits per heavy atom. The fourth-order valence-corrected chi connectivity index (χ4v) is 4.40. The molecule has 0 spiro atoms. The molecule has 2 aliphatic rings. The molecular formula is C24H30N4O5. The third kappa shape index (κ3) is 5.60. The highest BCUT2D eigenvalue weighted by Crippen LogP contribution is 2.29. The summed E-state index contributed by atoms with van der Waals surface area (Å²) >= 11 is 0. The number of nitrogens with one attached hydrogen (secondary N) is 2. The minimum atomic E-state index is -1.17. The first-order chi connectivity index (χ1) is 16.0. The quantitative estimate of drug-likeness (QED) is 0.621. The molecule has 0 bridgehead atoms. The van der Waals surface area contributed by atoms with Crippen LogP contribution in [-0.2, 0) is 19.1 Å². The van der Waals surface area contributed by atoms with E-state index in [1.807, 2.05) is 0 Å². The number of hydrogen-bond donors (Lipinski definition) is 2. The number of ether oxygens (including phenoxy) is 1. The summed E-state index contributed by atoms with van der Waals surface area (Å²) in [5.41, 5.74) is 0.329. The van der Waals surface area contributed by atoms with Crippen molar-refractivity contribution < 1.29 is 23.5 Å². The molecule has 3 heterocycles. The Morgan fingerprint density at radius 3 is 2.61 bits per heavy atom. The van der Waals surface area contributed by atoms with Crippen LogP contribution in [0.5, 0.6) is 0 Å². The highest BCUT2D eigenvalue weighted by molar-refractivity contribution is 6.41. The Morgan fingerprint density at radius 2 is 1.97 bits per heavy atom. The number of aromatic nitrogens is 1. The molecule has 2 unspecified atom stereocenters. The molecule has 1 saturated carbocycles. The van der Waals surface area contributed by atoms with Gasteiger partial charge in [-0.25, -0.2) is 0 Å². The second-order valence-corrected chi connectivity index (χ2v) is 8.57. The molecule has 2 fully saturated rings. The van der Waals surface area contributed by atoms with Gasteiger partial charge in [0.25, 0.3) is 5.91 Å². The monoisotopic (exact) mass is 454 g/mol. The first-order valence-electron chi connectivity index (χ1n) is 11.5. The number of carbonyl (C=O) groups excluding carboxylic acids is 3. The summed E-state index contributed by atoms with van der Waals surface area (Å²) in [6, 6.07) is 5.46. The zero-order valence-electron chi connectivity index (χ0n) is 18.8. The molecule has 176 valence electrons. The molecule has 0 radical (unpaired) electrons. The van der Waals surface area contributed by atoms with Crippen molar-refractivity contribution in [3.8, 4) is 0 Å². The van der Waals surface area contributed by atoms with Gasteiger partial charge in [-0.3, -0.25) is 24.3 Å². The van der Waals surface area contributed by atoms with Crippen molar-refractivity contribution in [2.24, 2.45) is 0 Å². The van der Waals surface area contributed by atoms with E-state index < -0.39 is 23.8 Å². The van der Waals surface area contributed by atoms with Crippen LogP contribution < -0.4 is 15.5 Å². The first kappa shape index (κ1) is 23.0. The maximum atomic E-state index is 13.5. The van der Waals surface area contributed by atoms with Gasteiger partial charge in [0.05, 0.1) is 18.0 Å². The topological polar surface area (TPSA) is 114 Å². The van der Waals surface area contributed by atoms with Gasteiger partial charge >= 0.3 is 11.8 Å². The molecular weight excluding hydrogens is 424 g/mol. The molecule has 9 nitrogen and oxygen atoms in total. The average Bonchev–Trinajstić information content (AvgIpc) is 3.59. The normalized spacial score (nSPS) is 19.2. The molecule has 2 N–H and O–H groups in total. The van der Waals surface area contributed by atoms with E-state index in [4.69, 9.17) is 9.15 Å². The van der Waals surface area contributed by atoms with Gasteiger partial charge in [-0.1, -0.05) is 12.8 Å². The first-order valence-corrected chi connectivity index (χ1v) is 11.5. The van der Waals surface area contributed by atoms with Gasteiger partial charge < -0.3 is 19.8 Å². The standard InChI is InChI=1S/C24H30N4O5/c1-16-10-11-20(33-16)21(22(29)26-15-19-9-5-13-32-19)28(18-8-4-12-25-14-18)24(31)23(30)27-17-6-2-3-7-17/h4,8,10-12,14,17,19,21H,2-3,5-7,9,13,15H2,1H3,(H,26,29)(H,27,30). The van der Waals surface area contributed by atoms with Crippen molar-refractivity contribution in [1.82, 2.24) is 15.6 Å². The van der Waals surface area contributed by atoms with Crippen LogP contribution in [0.3, 0.4) is 0 Å². The molecule has 0 aromatic carbocycles. The summed E-state index contributed by atoms with van der Waals surface area (Å²) in [4.78, 5) is 45.1. The number of anilines is 1. The van der Waals surface area contributed by atoms with Crippen LogP contribution in [0.25, 0.3) is 0 Å². The van der Waals surface area contributed by atoms with Gasteiger partial charge in [0.2, 0.25) is 0 Å². The number of nitrogens with zero attached hydrogens (tertiary/aromatic N) is 2. The van der Waals surface area contributed by atoms with Crippen molar-refractivity contribution >= 4 is 23.4 Å². The maximum absolute atomic E-state index is 13.5. The smallest absolute Gasteiger partial charge is 0.317 e. The lowest BCUT2D eigenvalue weighted by Crippen LogP contribution is -2.51. The van der Waals surface area contributed by atoms with Crippen LogP contribution in [0.1, 0.15) is 56.1 Å². The highest BCUT2D eigenvalue weighted by atomic mass is 16.5. The number of carbonyl (C=O) groups is 3. The maximum Gasteiger partial charge on any atom is 0.317 e. The van der Waals surface area contributed by atoms with Crippen LogP contribution in [-0.4, -0.2) is 48.0 Å². The van der Waals surface area contributed by atoms with Gasteiger partial charge in [0.15, 0.2) is 6.04 Å². The zero-order valence-corrected chi connectivity index (χ0v) is 18.8. The largest absolute Gasteiger partial charge is 0.464 e. The predicted molar refractivity (Wildman–Crippen MR) is 120 cm³/mol. The van der Waals surface area contributed by atoms with Crippen molar-refractivity contribution in [1.29, 1.82) is 0 Å². The van der Waals surface area contributed by atoms with Crippen molar-refractivity contribution in [2.45, 2.75) is 63.6 Å². The summed E-state index contributed by atoms with van der Waals surface area (Å²) in [5, 5.41) is 5.70. The lowest BCUT2D eigenvalue weighted by Gasteiger charge is -2.29. The predicted octanol–water partition coefficient (Wildman–Crippen LogP) is 2.41. The number of furan rings is 1. The van der Waals surface area contributed by atoms with E-state index in [0.717, 1.165) is 38.5 Å². The fraction of sp³-hybridized carbons (Fsp3) is 0.500. The lowest BCUT2D eigenvalue weighted by atomic mass is 10.1. The molecule has 2 atom stereocenters. The van der Waals surface area contributed by atoms with Crippen LogP contribution >= 0.6 is 0 Å². The fourth-order valence-electron chi connectivity index (χ4n) is 4.40. The van der Waals surface area contributed by atoms with Gasteiger partial charge in [0.1, 0.15) is 11.5 Å². The van der Waals surface area contributed by atoms with Crippen molar-refractivity contribution in [2.75, 3.05) is 18.1 Å². The van der Waals surface area contributed by atoms with E-state index in [2.05, 4.69) is 15.6 Å². The third-order valence-electron chi connectivity index (χ3n) is 6.09. The summed E-state index contributed by atoms with van der Waals surface area (Å²) in [7, 11) is 0. The van der Waals surface area contributed by atoms with Gasteiger partial charge in [-0.2, -0.15) is 0 Å². The van der Waals surface area contributed by atoms with Crippen LogP contribution in [0.4, 0.5) is 5.69 Å². The minimum absolute atomic E-state index is 0.0325. The summed E-state index contributed by atoms with van der Waals surface area (Å²) in [6.07, 6.45) is 8.48. The molecule has 1 saturated heterocycles. The van der Waals surface area contributed by atoms with Crippen LogP contribution in [0.15, 0.2) is 41.1 Å². The zero-order chi connectivity index (χ0) is 23.2. The van der Waals surface area contributed by atoms with Crippen LogP contribution in [0, 0.1) is 6.92 Å². The third-order valence-corrected chi connectivity index (χ3v) is 6.09. The molecule has 2 aromatic heterocycles. The second-order valence-electron chi connectivity index (χ2n) is 8.57. The van der Waals surface area contributed by atoms with E-state index in [1.165, 1.54) is 11.1 Å². The van der Waals surface area contributed by atoms with Crippen molar-refractivity contribution in [3.05, 3.63) is 48.2 Å². The van der Waals surface area contributed by atoms with Crippen molar-refractivity contribution in [3.63, 3.8) is 0 Å². The molecule has 9 heteroatoms. The van der Waals surface area contributed by atoms with E-state index >= 15 is 0 Å². The van der Waals surface area contributed by atoms with E-state index in [9.17, 15) is 14.4 Å². The summed E-state index contributed by atoms with van der Waals surface area (Å²) < 4.78 is 11.4. The number of amides is 3. The molecule has 4 rings (SSSR count). The van der Waals surface area contributed by atoms with E-state index in [1.54, 1.807) is 37.4 Å². The van der Waals surface area contributed by atoms with E-state index in [-0.39, 0.29) is 17.9 Å².